The zero-order valence-corrected chi connectivity index (χ0v) is 3.77. The molecule has 0 aromatic carbocycles. The van der Waals surface area contributed by atoms with E-state index in [1.165, 1.54) is 0 Å². The Balaban J connectivity index is 2.18. The lowest BCUT2D eigenvalue weighted by Crippen LogP contribution is -2.14. The molecule has 0 amide bonds. The predicted octanol–water partition coefficient (Wildman–Crippen LogP) is -1.71. The second kappa shape index (κ2) is 1.60. The second-order valence-corrected chi connectivity index (χ2v) is 1.34. The minimum absolute atomic E-state index is 0.941. The standard InChI is InChI=1S/C2H7BN2O/c3-5-2-1-4-6-5/h4H,1-3H2. The van der Waals surface area contributed by atoms with Crippen molar-refractivity contribution in [2.45, 2.75) is 0 Å². The molecule has 0 unspecified atom stereocenters. The van der Waals surface area contributed by atoms with Crippen molar-refractivity contribution in [3.63, 3.8) is 0 Å². The molecule has 34 valence electrons. The van der Waals surface area contributed by atoms with Gasteiger partial charge in [-0.3, -0.25) is 0 Å². The van der Waals surface area contributed by atoms with Crippen molar-refractivity contribution in [2.75, 3.05) is 13.1 Å². The molecule has 0 atom stereocenters. The number of hydrogen-bond donors (Lipinski definition) is 1. The molecule has 1 aliphatic rings. The summed E-state index contributed by atoms with van der Waals surface area (Å²) in [5.41, 5.74) is 2.70. The third-order valence-corrected chi connectivity index (χ3v) is 0.749. The van der Waals surface area contributed by atoms with Gasteiger partial charge in [0.25, 0.3) is 0 Å². The molecule has 0 bridgehead atoms. The van der Waals surface area contributed by atoms with Gasteiger partial charge in [0.2, 0.25) is 7.98 Å². The van der Waals surface area contributed by atoms with Gasteiger partial charge in [-0.05, 0) is 0 Å². The Kier molecular flexibility index (Phi) is 1.09. The molecular weight excluding hydrogens is 78.8 g/mol. The molecule has 1 fully saturated rings. The first-order valence-electron chi connectivity index (χ1n) is 2.00. The van der Waals surface area contributed by atoms with Crippen LogP contribution >= 0.6 is 0 Å². The molecule has 0 aromatic rings. The van der Waals surface area contributed by atoms with E-state index < -0.39 is 0 Å². The Morgan fingerprint density at radius 3 is 2.83 bits per heavy atom. The number of hydroxylamine groups is 2. The van der Waals surface area contributed by atoms with Crippen molar-refractivity contribution in [3.05, 3.63) is 0 Å². The molecule has 6 heavy (non-hydrogen) atoms. The molecule has 0 radical (unpaired) electrons. The summed E-state index contributed by atoms with van der Waals surface area (Å²) in [7, 11) is 1.89. The minimum atomic E-state index is 0.941. The first-order chi connectivity index (χ1) is 2.89. The van der Waals surface area contributed by atoms with E-state index in [0.717, 1.165) is 13.1 Å². The van der Waals surface area contributed by atoms with Crippen LogP contribution in [0.5, 0.6) is 0 Å². The monoisotopic (exact) mass is 86.1 g/mol. The van der Waals surface area contributed by atoms with Gasteiger partial charge in [0.15, 0.2) is 0 Å². The summed E-state index contributed by atoms with van der Waals surface area (Å²) in [4.78, 5) is 6.49. The molecule has 1 aliphatic heterocycles. The quantitative estimate of drug-likeness (QED) is 0.355. The third-order valence-electron chi connectivity index (χ3n) is 0.749. The average Bonchev–Trinajstić information content (AvgIpc) is 1.86. The molecule has 1 N–H and O–H groups in total. The lowest BCUT2D eigenvalue weighted by Gasteiger charge is -1.99. The van der Waals surface area contributed by atoms with Crippen molar-refractivity contribution < 1.29 is 4.94 Å². The fourth-order valence-electron chi connectivity index (χ4n) is 0.405. The Hall–Kier alpha value is -0.0551. The molecule has 4 heteroatoms. The summed E-state index contributed by atoms with van der Waals surface area (Å²) in [6, 6.07) is 0. The Morgan fingerprint density at radius 1 is 1.83 bits per heavy atom. The smallest absolute Gasteiger partial charge is 0.223 e. The summed E-state index contributed by atoms with van der Waals surface area (Å²) in [6.07, 6.45) is 0. The highest BCUT2D eigenvalue weighted by molar-refractivity contribution is 6.03. The van der Waals surface area contributed by atoms with Gasteiger partial charge in [-0.25, -0.2) is 9.91 Å². The summed E-state index contributed by atoms with van der Waals surface area (Å²) in [5, 5.41) is 0. The first-order valence-corrected chi connectivity index (χ1v) is 2.00. The average molecular weight is 85.9 g/mol. The van der Waals surface area contributed by atoms with E-state index in [1.54, 1.807) is 4.97 Å². The summed E-state index contributed by atoms with van der Waals surface area (Å²) in [5.74, 6) is 0. The van der Waals surface area contributed by atoms with Gasteiger partial charge in [0, 0.05) is 13.1 Å². The molecule has 0 aliphatic carbocycles. The van der Waals surface area contributed by atoms with E-state index in [0.29, 0.717) is 0 Å². The van der Waals surface area contributed by atoms with Gasteiger partial charge in [0.05, 0.1) is 0 Å². The lowest BCUT2D eigenvalue weighted by atomic mass is 10.4. The molecule has 1 rings (SSSR count). The maximum Gasteiger partial charge on any atom is 0.223 e. The molecule has 1 saturated heterocycles. The zero-order valence-electron chi connectivity index (χ0n) is 3.77. The highest BCUT2D eigenvalue weighted by Gasteiger charge is 2.02. The molecule has 0 spiro atoms. The SMILES string of the molecule is BN1CCNO1. The Bertz CT molecular complexity index is 44.8. The van der Waals surface area contributed by atoms with Crippen molar-refractivity contribution in [2.24, 2.45) is 0 Å². The second-order valence-electron chi connectivity index (χ2n) is 1.34. The fraction of sp³-hybridized carbons (Fsp3) is 1.00. The maximum atomic E-state index is 4.74. The van der Waals surface area contributed by atoms with Gasteiger partial charge < -0.3 is 0 Å². The van der Waals surface area contributed by atoms with Crippen LogP contribution in [-0.2, 0) is 4.94 Å². The molecule has 1 heterocycles. The van der Waals surface area contributed by atoms with E-state index >= 15 is 0 Å². The van der Waals surface area contributed by atoms with E-state index in [2.05, 4.69) is 5.48 Å². The van der Waals surface area contributed by atoms with Gasteiger partial charge in [-0.2, -0.15) is 5.48 Å². The summed E-state index contributed by atoms with van der Waals surface area (Å²) in [6.45, 7) is 1.93. The predicted molar refractivity (Wildman–Crippen MR) is 24.3 cm³/mol. The van der Waals surface area contributed by atoms with Crippen LogP contribution in [0.3, 0.4) is 0 Å². The van der Waals surface area contributed by atoms with Crippen LogP contribution in [0, 0.1) is 0 Å². The van der Waals surface area contributed by atoms with E-state index in [9.17, 15) is 0 Å². The van der Waals surface area contributed by atoms with Gasteiger partial charge in [-0.1, -0.05) is 0 Å². The van der Waals surface area contributed by atoms with Crippen LogP contribution in [0.25, 0.3) is 0 Å². The van der Waals surface area contributed by atoms with E-state index in [1.807, 2.05) is 7.98 Å². The van der Waals surface area contributed by atoms with Crippen LogP contribution in [0.1, 0.15) is 0 Å². The first kappa shape index (κ1) is 4.11. The van der Waals surface area contributed by atoms with Crippen molar-refractivity contribution in [3.8, 4) is 0 Å². The minimum Gasteiger partial charge on any atom is -0.224 e. The highest BCUT2D eigenvalue weighted by Crippen LogP contribution is 1.83. The van der Waals surface area contributed by atoms with Gasteiger partial charge in [-0.15, -0.1) is 0 Å². The topological polar surface area (TPSA) is 24.5 Å². The fourth-order valence-corrected chi connectivity index (χ4v) is 0.405. The largest absolute Gasteiger partial charge is 0.224 e. The maximum absolute atomic E-state index is 4.74. The number of rotatable bonds is 0. The molecule has 3 nitrogen and oxygen atoms in total. The van der Waals surface area contributed by atoms with Crippen molar-refractivity contribution in [1.29, 1.82) is 0 Å². The van der Waals surface area contributed by atoms with Crippen LogP contribution < -0.4 is 5.48 Å². The number of nitrogens with zero attached hydrogens (tertiary/aromatic N) is 1. The number of nitrogens with one attached hydrogen (secondary N) is 1. The van der Waals surface area contributed by atoms with Gasteiger partial charge >= 0.3 is 0 Å². The summed E-state index contributed by atoms with van der Waals surface area (Å²) < 4.78 is 0. The summed E-state index contributed by atoms with van der Waals surface area (Å²) >= 11 is 0. The van der Waals surface area contributed by atoms with Crippen LogP contribution in [-0.4, -0.2) is 26.0 Å². The Morgan fingerprint density at radius 2 is 2.67 bits per heavy atom. The van der Waals surface area contributed by atoms with Gasteiger partial charge in [0.1, 0.15) is 0 Å². The highest BCUT2D eigenvalue weighted by atomic mass is 16.8. The van der Waals surface area contributed by atoms with Crippen LogP contribution in [0.4, 0.5) is 0 Å². The number of hydrogen-bond acceptors (Lipinski definition) is 3. The molecular formula is C2H7BN2O. The van der Waals surface area contributed by atoms with E-state index in [4.69, 9.17) is 4.94 Å². The van der Waals surface area contributed by atoms with Crippen molar-refractivity contribution >= 4 is 7.98 Å². The van der Waals surface area contributed by atoms with Crippen LogP contribution in [0.15, 0.2) is 0 Å². The third kappa shape index (κ3) is 0.709. The van der Waals surface area contributed by atoms with Crippen molar-refractivity contribution in [1.82, 2.24) is 10.5 Å². The normalized spacial score (nSPS) is 25.3. The molecule has 0 aromatic heterocycles. The Labute approximate surface area is 37.6 Å². The zero-order chi connectivity index (χ0) is 4.41. The lowest BCUT2D eigenvalue weighted by molar-refractivity contribution is -0.0876. The van der Waals surface area contributed by atoms with E-state index in [-0.39, 0.29) is 0 Å². The van der Waals surface area contributed by atoms with Crippen LogP contribution in [0.2, 0.25) is 0 Å². The molecule has 0 saturated carbocycles.